The Morgan fingerprint density at radius 2 is 2.11 bits per heavy atom. The van der Waals surface area contributed by atoms with E-state index in [2.05, 4.69) is 16.2 Å². The number of amides is 1. The van der Waals surface area contributed by atoms with Crippen LogP contribution in [0.15, 0.2) is 29.2 Å². The number of esters is 1. The molecule has 4 rings (SSSR count). The van der Waals surface area contributed by atoms with Gasteiger partial charge in [0, 0.05) is 31.0 Å². The second kappa shape index (κ2) is 6.92. The summed E-state index contributed by atoms with van der Waals surface area (Å²) >= 11 is 0. The molecule has 1 amide bonds. The number of ether oxygens (including phenoxy) is 1. The first-order valence-electron chi connectivity index (χ1n) is 9.62. The maximum absolute atomic E-state index is 13.1. The quantitative estimate of drug-likeness (QED) is 0.637. The normalized spacial score (nSPS) is 26.5. The lowest BCUT2D eigenvalue weighted by Gasteiger charge is -2.31. The Morgan fingerprint density at radius 1 is 1.32 bits per heavy atom. The molecule has 8 nitrogen and oxygen atoms in total. The number of fused-ring (bicyclic) bond motifs is 2. The molecule has 1 aliphatic carbocycles. The summed E-state index contributed by atoms with van der Waals surface area (Å²) in [5.74, 6) is -0.704. The van der Waals surface area contributed by atoms with Gasteiger partial charge in [-0.25, -0.2) is 9.50 Å². The van der Waals surface area contributed by atoms with Gasteiger partial charge in [-0.05, 0) is 31.6 Å². The Morgan fingerprint density at radius 3 is 2.86 bits per heavy atom. The summed E-state index contributed by atoms with van der Waals surface area (Å²) in [7, 11) is 0. The zero-order valence-electron chi connectivity index (χ0n) is 16.2. The number of likely N-dealkylation sites (tertiary alicyclic amines) is 1. The minimum Gasteiger partial charge on any atom is -0.466 e. The van der Waals surface area contributed by atoms with Crippen LogP contribution >= 0.6 is 0 Å². The first-order chi connectivity index (χ1) is 13.4. The van der Waals surface area contributed by atoms with Crippen LogP contribution in [0.2, 0.25) is 0 Å². The second-order valence-electron chi connectivity index (χ2n) is 7.67. The number of rotatable bonds is 3. The van der Waals surface area contributed by atoms with Crippen LogP contribution in [0.25, 0.3) is 5.65 Å². The van der Waals surface area contributed by atoms with Crippen molar-refractivity contribution in [2.24, 2.45) is 23.7 Å². The molecule has 1 aliphatic heterocycles. The zero-order valence-corrected chi connectivity index (χ0v) is 16.2. The van der Waals surface area contributed by atoms with Gasteiger partial charge in [-0.1, -0.05) is 19.1 Å². The molecule has 28 heavy (non-hydrogen) atoms. The predicted molar refractivity (Wildman–Crippen MR) is 102 cm³/mol. The van der Waals surface area contributed by atoms with Crippen LogP contribution in [0.5, 0.6) is 0 Å². The zero-order chi connectivity index (χ0) is 20.0. The van der Waals surface area contributed by atoms with E-state index in [-0.39, 0.29) is 41.1 Å². The number of carbonyl (C=O) groups excluding carboxylic acids is 2. The monoisotopic (exact) mass is 384 g/mol. The fourth-order valence-corrected chi connectivity index (χ4v) is 4.46. The Hall–Kier alpha value is -2.90. The van der Waals surface area contributed by atoms with Crippen molar-refractivity contribution in [2.75, 3.05) is 19.7 Å². The lowest BCUT2D eigenvalue weighted by Crippen LogP contribution is -2.38. The molecule has 0 spiro atoms. The molecule has 1 saturated heterocycles. The van der Waals surface area contributed by atoms with Crippen LogP contribution in [-0.4, -0.2) is 51.1 Å². The highest BCUT2D eigenvalue weighted by molar-refractivity contribution is 5.94. The van der Waals surface area contributed by atoms with Crippen LogP contribution in [0.1, 0.15) is 29.9 Å². The van der Waals surface area contributed by atoms with Crippen molar-refractivity contribution >= 4 is 17.5 Å². The third kappa shape index (κ3) is 2.93. The number of nitrogens with zero attached hydrogens (tertiary/aromatic N) is 3. The number of aromatic nitrogens is 3. The Bertz CT molecular complexity index is 1020. The van der Waals surface area contributed by atoms with E-state index in [4.69, 9.17) is 4.74 Å². The van der Waals surface area contributed by atoms with Crippen molar-refractivity contribution in [3.8, 4) is 0 Å². The highest BCUT2D eigenvalue weighted by Gasteiger charge is 2.46. The number of hydrogen-bond acceptors (Lipinski definition) is 5. The van der Waals surface area contributed by atoms with Crippen LogP contribution in [-0.2, 0) is 9.53 Å². The van der Waals surface area contributed by atoms with Crippen LogP contribution in [0.4, 0.5) is 0 Å². The van der Waals surface area contributed by atoms with E-state index < -0.39 is 5.56 Å². The van der Waals surface area contributed by atoms with Crippen LogP contribution < -0.4 is 5.56 Å². The highest BCUT2D eigenvalue weighted by Crippen LogP contribution is 2.40. The number of allylic oxidation sites excluding steroid dienone is 1. The van der Waals surface area contributed by atoms with Gasteiger partial charge in [-0.2, -0.15) is 0 Å². The lowest BCUT2D eigenvalue weighted by atomic mass is 9.72. The molecule has 8 heteroatoms. The fourth-order valence-electron chi connectivity index (χ4n) is 4.46. The van der Waals surface area contributed by atoms with Gasteiger partial charge in [-0.3, -0.25) is 19.5 Å². The van der Waals surface area contributed by atoms with Gasteiger partial charge in [0.25, 0.3) is 11.5 Å². The SMILES string of the molecule is CCOC(=O)[C@@H]1[C@H]2CN(C(=O)c3cnc4cc(C)[nH]n4c3=O)C[C@@H]2C=C[C@@H]1C. The smallest absolute Gasteiger partial charge is 0.309 e. The van der Waals surface area contributed by atoms with E-state index in [1.165, 1.54) is 10.7 Å². The van der Waals surface area contributed by atoms with Gasteiger partial charge in [-0.15, -0.1) is 0 Å². The first-order valence-corrected chi connectivity index (χ1v) is 9.62. The van der Waals surface area contributed by atoms with Crippen molar-refractivity contribution < 1.29 is 14.3 Å². The summed E-state index contributed by atoms with van der Waals surface area (Å²) in [5.41, 5.74) is 0.887. The van der Waals surface area contributed by atoms with Crippen molar-refractivity contribution in [3.05, 3.63) is 46.0 Å². The number of H-pyrrole nitrogens is 1. The fraction of sp³-hybridized carbons (Fsp3) is 0.500. The molecule has 2 aromatic heterocycles. The molecule has 1 fully saturated rings. The van der Waals surface area contributed by atoms with Gasteiger partial charge >= 0.3 is 5.97 Å². The molecule has 4 atom stereocenters. The number of nitrogens with one attached hydrogen (secondary N) is 1. The molecule has 0 radical (unpaired) electrons. The number of hydrogen-bond donors (Lipinski definition) is 1. The molecule has 0 saturated carbocycles. The minimum atomic E-state index is -0.413. The summed E-state index contributed by atoms with van der Waals surface area (Å²) < 4.78 is 6.55. The average molecular weight is 384 g/mol. The summed E-state index contributed by atoms with van der Waals surface area (Å²) in [6.07, 6.45) is 5.46. The molecule has 148 valence electrons. The summed E-state index contributed by atoms with van der Waals surface area (Å²) in [6, 6.07) is 1.75. The third-order valence-electron chi connectivity index (χ3n) is 5.80. The minimum absolute atomic E-state index is 0.00447. The van der Waals surface area contributed by atoms with E-state index in [9.17, 15) is 14.4 Å². The van der Waals surface area contributed by atoms with Gasteiger partial charge in [0.05, 0.1) is 12.5 Å². The molecule has 1 N–H and O–H groups in total. The molecule has 0 unspecified atom stereocenters. The molecular formula is C20H24N4O4. The molecular weight excluding hydrogens is 360 g/mol. The van der Waals surface area contributed by atoms with Gasteiger partial charge < -0.3 is 9.64 Å². The largest absolute Gasteiger partial charge is 0.466 e. The van der Waals surface area contributed by atoms with Gasteiger partial charge in [0.1, 0.15) is 5.56 Å². The van der Waals surface area contributed by atoms with E-state index >= 15 is 0 Å². The van der Waals surface area contributed by atoms with Crippen LogP contribution in [0, 0.1) is 30.6 Å². The Balaban J connectivity index is 1.61. The van der Waals surface area contributed by atoms with E-state index in [0.29, 0.717) is 25.3 Å². The maximum atomic E-state index is 13.1. The Kier molecular flexibility index (Phi) is 4.56. The Labute approximate surface area is 162 Å². The van der Waals surface area contributed by atoms with Crippen molar-refractivity contribution in [1.82, 2.24) is 19.5 Å². The van der Waals surface area contributed by atoms with Crippen molar-refractivity contribution in [2.45, 2.75) is 20.8 Å². The topological polar surface area (TPSA) is 96.8 Å². The maximum Gasteiger partial charge on any atom is 0.309 e. The lowest BCUT2D eigenvalue weighted by molar-refractivity contribution is -0.152. The molecule has 0 bridgehead atoms. The third-order valence-corrected chi connectivity index (χ3v) is 5.80. The predicted octanol–water partition coefficient (Wildman–Crippen LogP) is 1.40. The summed E-state index contributed by atoms with van der Waals surface area (Å²) in [6.45, 7) is 6.86. The highest BCUT2D eigenvalue weighted by atomic mass is 16.5. The molecule has 2 aliphatic rings. The molecule has 2 aromatic rings. The second-order valence-corrected chi connectivity index (χ2v) is 7.67. The summed E-state index contributed by atoms with van der Waals surface area (Å²) in [4.78, 5) is 44.1. The first kappa shape index (κ1) is 18.5. The standard InChI is InChI=1S/C20H24N4O4/c1-4-28-20(27)17-11(2)5-6-13-9-23(10-15(13)17)18(25)14-8-21-16-7-12(3)22-24(16)19(14)26/h5-8,11,13,15,17,22H,4,9-10H2,1-3H3/t11-,13-,15-,17-/m0/s1. The van der Waals surface area contributed by atoms with Crippen molar-refractivity contribution in [3.63, 3.8) is 0 Å². The van der Waals surface area contributed by atoms with Gasteiger partial charge in [0.15, 0.2) is 5.65 Å². The van der Waals surface area contributed by atoms with Crippen LogP contribution in [0.3, 0.4) is 0 Å². The van der Waals surface area contributed by atoms with Gasteiger partial charge in [0.2, 0.25) is 0 Å². The number of aromatic amines is 1. The van der Waals surface area contributed by atoms with E-state index in [0.717, 1.165) is 5.69 Å². The molecule has 0 aromatic carbocycles. The summed E-state index contributed by atoms with van der Waals surface area (Å²) in [5, 5.41) is 2.90. The van der Waals surface area contributed by atoms with E-state index in [1.807, 2.05) is 19.9 Å². The van der Waals surface area contributed by atoms with E-state index in [1.54, 1.807) is 17.9 Å². The molecule has 3 heterocycles. The number of aryl methyl sites for hydroxylation is 1. The average Bonchev–Trinajstić information content (AvgIpc) is 3.25. The number of carbonyl (C=O) groups is 2. The van der Waals surface area contributed by atoms with Crippen molar-refractivity contribution in [1.29, 1.82) is 0 Å².